The summed E-state index contributed by atoms with van der Waals surface area (Å²) in [6, 6.07) is 8.68. The summed E-state index contributed by atoms with van der Waals surface area (Å²) in [5, 5.41) is 1.32. The van der Waals surface area contributed by atoms with Crippen LogP contribution in [0.2, 0.25) is 0 Å². The summed E-state index contributed by atoms with van der Waals surface area (Å²) in [5.41, 5.74) is 1.34. The zero-order chi connectivity index (χ0) is 11.5. The predicted octanol–water partition coefficient (Wildman–Crippen LogP) is 4.84. The van der Waals surface area contributed by atoms with E-state index in [1.807, 2.05) is 0 Å². The molecule has 0 saturated heterocycles. The molecule has 1 aromatic carbocycles. The van der Waals surface area contributed by atoms with Crippen molar-refractivity contribution in [3.8, 4) is 0 Å². The molecule has 1 atom stereocenters. The predicted molar refractivity (Wildman–Crippen MR) is 73.7 cm³/mol. The van der Waals surface area contributed by atoms with Crippen molar-refractivity contribution in [2.75, 3.05) is 0 Å². The van der Waals surface area contributed by atoms with Gasteiger partial charge < -0.3 is 4.57 Å². The molecule has 2 rings (SSSR count). The van der Waals surface area contributed by atoms with Crippen LogP contribution in [0, 0.1) is 5.92 Å². The average Bonchev–Trinajstić information content (AvgIpc) is 2.61. The summed E-state index contributed by atoms with van der Waals surface area (Å²) in [6.07, 6.45) is 4.77. The molecule has 1 unspecified atom stereocenters. The van der Waals surface area contributed by atoms with E-state index in [-0.39, 0.29) is 0 Å². The number of hydrogen-bond donors (Lipinski definition) is 0. The van der Waals surface area contributed by atoms with Gasteiger partial charge in [-0.25, -0.2) is 0 Å². The smallest absolute Gasteiger partial charge is 0.0481 e. The molecule has 0 bridgehead atoms. The minimum atomic E-state index is 0.754. The molecule has 0 N–H and O–H groups in total. The van der Waals surface area contributed by atoms with Crippen LogP contribution in [0.1, 0.15) is 26.7 Å². The lowest BCUT2D eigenvalue weighted by molar-refractivity contribution is 0.453. The van der Waals surface area contributed by atoms with Gasteiger partial charge in [0.25, 0.3) is 0 Å². The summed E-state index contributed by atoms with van der Waals surface area (Å²) < 4.78 is 3.52. The van der Waals surface area contributed by atoms with Gasteiger partial charge in [-0.1, -0.05) is 36.2 Å². The lowest BCUT2D eigenvalue weighted by atomic mass is 10.1. The summed E-state index contributed by atoms with van der Waals surface area (Å²) in [7, 11) is 0. The van der Waals surface area contributed by atoms with Gasteiger partial charge in [-0.05, 0) is 36.6 Å². The summed E-state index contributed by atoms with van der Waals surface area (Å²) in [5.74, 6) is 0.754. The van der Waals surface area contributed by atoms with Gasteiger partial charge in [0.05, 0.1) is 0 Å². The molecule has 0 aliphatic heterocycles. The molecule has 0 radical (unpaired) electrons. The molecule has 0 aliphatic carbocycles. The van der Waals surface area contributed by atoms with Gasteiger partial charge in [0.15, 0.2) is 0 Å². The number of aromatic nitrogens is 1. The Morgan fingerprint density at radius 2 is 2.12 bits per heavy atom. The highest BCUT2D eigenvalue weighted by Gasteiger charge is 2.05. The molecular weight excluding hydrogens is 262 g/mol. The first-order valence-electron chi connectivity index (χ1n) is 5.95. The number of benzene rings is 1. The fraction of sp³-hybridized carbons (Fsp3) is 0.429. The van der Waals surface area contributed by atoms with Gasteiger partial charge in [-0.3, -0.25) is 0 Å². The topological polar surface area (TPSA) is 4.93 Å². The maximum Gasteiger partial charge on any atom is 0.0481 e. The third-order valence-corrected chi connectivity index (χ3v) is 3.52. The van der Waals surface area contributed by atoms with Crippen LogP contribution < -0.4 is 0 Å². The van der Waals surface area contributed by atoms with Crippen molar-refractivity contribution in [2.24, 2.45) is 5.92 Å². The molecule has 0 amide bonds. The Kier molecular flexibility index (Phi) is 3.70. The molecule has 86 valence electrons. The second-order valence-corrected chi connectivity index (χ2v) is 5.48. The highest BCUT2D eigenvalue weighted by Crippen LogP contribution is 2.22. The minimum absolute atomic E-state index is 0.754. The zero-order valence-electron chi connectivity index (χ0n) is 9.91. The highest BCUT2D eigenvalue weighted by molar-refractivity contribution is 9.10. The largest absolute Gasteiger partial charge is 0.347 e. The van der Waals surface area contributed by atoms with Crippen LogP contribution in [-0.2, 0) is 6.54 Å². The van der Waals surface area contributed by atoms with Crippen LogP contribution in [0.25, 0.3) is 10.9 Å². The van der Waals surface area contributed by atoms with Crippen LogP contribution in [0.5, 0.6) is 0 Å². The highest BCUT2D eigenvalue weighted by atomic mass is 79.9. The van der Waals surface area contributed by atoms with E-state index in [0.29, 0.717) is 0 Å². The van der Waals surface area contributed by atoms with Crippen molar-refractivity contribution in [2.45, 2.75) is 33.2 Å². The minimum Gasteiger partial charge on any atom is -0.347 e. The van der Waals surface area contributed by atoms with E-state index in [2.05, 4.69) is 64.8 Å². The van der Waals surface area contributed by atoms with Crippen LogP contribution in [0.3, 0.4) is 0 Å². The maximum absolute atomic E-state index is 3.51. The molecule has 16 heavy (non-hydrogen) atoms. The number of rotatable bonds is 4. The third kappa shape index (κ3) is 2.49. The van der Waals surface area contributed by atoms with E-state index in [0.717, 1.165) is 16.9 Å². The number of fused-ring (bicyclic) bond motifs is 1. The van der Waals surface area contributed by atoms with Gasteiger partial charge in [-0.15, -0.1) is 0 Å². The number of halogens is 1. The lowest BCUT2D eigenvalue weighted by Crippen LogP contribution is -2.05. The molecule has 1 aromatic heterocycles. The van der Waals surface area contributed by atoms with Gasteiger partial charge in [0.1, 0.15) is 0 Å². The molecule has 1 heterocycles. The van der Waals surface area contributed by atoms with E-state index < -0.39 is 0 Å². The Hall–Kier alpha value is -0.760. The van der Waals surface area contributed by atoms with Crippen molar-refractivity contribution in [1.29, 1.82) is 0 Å². The standard InChI is InChI=1S/C14H18BrN/c1-3-4-11(2)10-16-8-7-12-9-13(15)5-6-14(12)16/h5-9,11H,3-4,10H2,1-2H3. The van der Waals surface area contributed by atoms with E-state index in [4.69, 9.17) is 0 Å². The molecule has 0 aliphatic rings. The van der Waals surface area contributed by atoms with Crippen molar-refractivity contribution in [3.63, 3.8) is 0 Å². The Morgan fingerprint density at radius 3 is 2.88 bits per heavy atom. The zero-order valence-corrected chi connectivity index (χ0v) is 11.5. The van der Waals surface area contributed by atoms with E-state index in [1.165, 1.54) is 23.7 Å². The van der Waals surface area contributed by atoms with Crippen molar-refractivity contribution < 1.29 is 0 Å². The molecule has 2 heteroatoms. The molecular formula is C14H18BrN. The monoisotopic (exact) mass is 279 g/mol. The van der Waals surface area contributed by atoms with Gasteiger partial charge in [0.2, 0.25) is 0 Å². The summed E-state index contributed by atoms with van der Waals surface area (Å²) in [6.45, 7) is 5.70. The Labute approximate surface area is 106 Å². The molecule has 1 nitrogen and oxygen atoms in total. The van der Waals surface area contributed by atoms with Crippen molar-refractivity contribution >= 4 is 26.8 Å². The van der Waals surface area contributed by atoms with E-state index in [9.17, 15) is 0 Å². The first kappa shape index (κ1) is 11.7. The van der Waals surface area contributed by atoms with Gasteiger partial charge in [-0.2, -0.15) is 0 Å². The van der Waals surface area contributed by atoms with Crippen LogP contribution >= 0.6 is 15.9 Å². The molecule has 2 aromatic rings. The fourth-order valence-corrected chi connectivity index (χ4v) is 2.63. The third-order valence-electron chi connectivity index (χ3n) is 3.02. The summed E-state index contributed by atoms with van der Waals surface area (Å²) in [4.78, 5) is 0. The van der Waals surface area contributed by atoms with Gasteiger partial charge >= 0.3 is 0 Å². The van der Waals surface area contributed by atoms with Crippen LogP contribution in [0.4, 0.5) is 0 Å². The van der Waals surface area contributed by atoms with E-state index >= 15 is 0 Å². The number of hydrogen-bond acceptors (Lipinski definition) is 0. The molecule has 0 spiro atoms. The average molecular weight is 280 g/mol. The van der Waals surface area contributed by atoms with Crippen molar-refractivity contribution in [1.82, 2.24) is 4.57 Å². The lowest BCUT2D eigenvalue weighted by Gasteiger charge is -2.12. The Morgan fingerprint density at radius 1 is 1.31 bits per heavy atom. The molecule has 0 fully saturated rings. The number of nitrogens with zero attached hydrogens (tertiary/aromatic N) is 1. The first-order valence-corrected chi connectivity index (χ1v) is 6.74. The van der Waals surface area contributed by atoms with E-state index in [1.54, 1.807) is 0 Å². The SMILES string of the molecule is CCCC(C)Cn1ccc2cc(Br)ccc21. The summed E-state index contributed by atoms with van der Waals surface area (Å²) >= 11 is 3.51. The van der Waals surface area contributed by atoms with Crippen LogP contribution in [-0.4, -0.2) is 4.57 Å². The Bertz CT molecular complexity index is 473. The first-order chi connectivity index (χ1) is 7.70. The fourth-order valence-electron chi connectivity index (χ4n) is 2.25. The normalized spacial score (nSPS) is 13.2. The van der Waals surface area contributed by atoms with Crippen LogP contribution in [0.15, 0.2) is 34.9 Å². The quantitative estimate of drug-likeness (QED) is 0.755. The second-order valence-electron chi connectivity index (χ2n) is 4.57. The second kappa shape index (κ2) is 5.05. The maximum atomic E-state index is 3.51. The Balaban J connectivity index is 2.25. The molecule has 0 saturated carbocycles. The van der Waals surface area contributed by atoms with Gasteiger partial charge in [0, 0.05) is 28.1 Å². The van der Waals surface area contributed by atoms with Crippen molar-refractivity contribution in [3.05, 3.63) is 34.9 Å².